The number of hydrogen-bond donors (Lipinski definition) is 3. The van der Waals surface area contributed by atoms with E-state index in [9.17, 15) is 9.59 Å². The van der Waals surface area contributed by atoms with Crippen molar-refractivity contribution in [3.63, 3.8) is 0 Å². The molecule has 3 amide bonds. The Hall–Kier alpha value is -1.10. The predicted molar refractivity (Wildman–Crippen MR) is 121 cm³/mol. The Morgan fingerprint density at radius 3 is 2.36 bits per heavy atom. The van der Waals surface area contributed by atoms with Gasteiger partial charge in [-0.25, -0.2) is 4.79 Å². The van der Waals surface area contributed by atoms with Crippen LogP contribution in [-0.4, -0.2) is 79.6 Å². The number of carbonyl (C=O) groups is 2. The van der Waals surface area contributed by atoms with Crippen molar-refractivity contribution in [3.05, 3.63) is 0 Å². The van der Waals surface area contributed by atoms with E-state index in [0.717, 1.165) is 50.9 Å². The molecule has 9 heteroatoms. The van der Waals surface area contributed by atoms with Crippen LogP contribution in [0.5, 0.6) is 0 Å². The van der Waals surface area contributed by atoms with E-state index in [1.165, 1.54) is 25.9 Å². The summed E-state index contributed by atoms with van der Waals surface area (Å²) < 4.78 is 0. The summed E-state index contributed by atoms with van der Waals surface area (Å²) in [6, 6.07) is -0.380. The van der Waals surface area contributed by atoms with Gasteiger partial charge in [0, 0.05) is 33.2 Å². The van der Waals surface area contributed by atoms with Crippen LogP contribution in [0.3, 0.4) is 0 Å². The monoisotopic (exact) mass is 506 g/mol. The molecule has 0 spiro atoms. The molecule has 1 atom stereocenters. The van der Waals surface area contributed by atoms with Gasteiger partial charge in [-0.1, -0.05) is 6.92 Å². The maximum atomic E-state index is 12.1. The summed E-state index contributed by atoms with van der Waals surface area (Å²) in [6.45, 7) is 10.2. The molecule has 1 unspecified atom stereocenters. The van der Waals surface area contributed by atoms with Crippen LogP contribution in [-0.2, 0) is 4.79 Å². The third-order valence-electron chi connectivity index (χ3n) is 6.48. The highest BCUT2D eigenvalue weighted by Crippen LogP contribution is 2.30. The van der Waals surface area contributed by atoms with Gasteiger partial charge in [0.25, 0.3) is 5.91 Å². The molecule has 0 bridgehead atoms. The van der Waals surface area contributed by atoms with E-state index in [1.54, 1.807) is 0 Å². The van der Waals surface area contributed by atoms with Gasteiger partial charge in [0.2, 0.25) is 0 Å². The van der Waals surface area contributed by atoms with Gasteiger partial charge in [-0.05, 0) is 57.5 Å². The highest BCUT2D eigenvalue weighted by molar-refractivity contribution is 14.0. The van der Waals surface area contributed by atoms with Gasteiger partial charge < -0.3 is 20.4 Å². The summed E-state index contributed by atoms with van der Waals surface area (Å²) in [5.74, 6) is 1.73. The van der Waals surface area contributed by atoms with Gasteiger partial charge in [-0.15, -0.1) is 24.0 Å². The number of halogens is 1. The number of nitrogens with zero attached hydrogens (tertiary/aromatic N) is 3. The van der Waals surface area contributed by atoms with E-state index in [0.29, 0.717) is 0 Å². The highest BCUT2D eigenvalue weighted by atomic mass is 127. The van der Waals surface area contributed by atoms with E-state index in [4.69, 9.17) is 0 Å². The summed E-state index contributed by atoms with van der Waals surface area (Å²) in [6.07, 6.45) is 4.31. The zero-order valence-electron chi connectivity index (χ0n) is 17.3. The Bertz CT molecular complexity index is 585. The normalized spacial score (nSPS) is 28.0. The van der Waals surface area contributed by atoms with Crippen LogP contribution in [0.1, 0.15) is 39.5 Å². The van der Waals surface area contributed by atoms with Crippen molar-refractivity contribution in [2.45, 2.75) is 45.1 Å². The van der Waals surface area contributed by atoms with Crippen LogP contribution >= 0.6 is 24.0 Å². The molecule has 8 nitrogen and oxygen atoms in total. The maximum absolute atomic E-state index is 12.1. The first kappa shape index (κ1) is 23.2. The van der Waals surface area contributed by atoms with Crippen LogP contribution < -0.4 is 16.0 Å². The fourth-order valence-electron chi connectivity index (χ4n) is 4.46. The minimum Gasteiger partial charge on any atom is -0.355 e. The SMILES string of the molecule is CN=C(NCCN1CCC(C)CC1)N1CCC(C2(C)NC(=O)NC2=O)CC1.I. The van der Waals surface area contributed by atoms with E-state index < -0.39 is 5.54 Å². The first-order chi connectivity index (χ1) is 12.9. The Balaban J connectivity index is 0.00000280. The van der Waals surface area contributed by atoms with Gasteiger partial charge in [0.05, 0.1) is 0 Å². The molecule has 3 saturated heterocycles. The van der Waals surface area contributed by atoms with Crippen LogP contribution in [0.15, 0.2) is 4.99 Å². The molecular weight excluding hydrogens is 471 g/mol. The first-order valence-electron chi connectivity index (χ1n) is 10.2. The maximum Gasteiger partial charge on any atom is 0.322 e. The largest absolute Gasteiger partial charge is 0.355 e. The number of likely N-dealkylation sites (tertiary alicyclic amines) is 2. The van der Waals surface area contributed by atoms with Crippen LogP contribution in [0.2, 0.25) is 0 Å². The van der Waals surface area contributed by atoms with Crippen molar-refractivity contribution in [1.29, 1.82) is 0 Å². The van der Waals surface area contributed by atoms with E-state index in [2.05, 4.69) is 37.7 Å². The molecule has 0 radical (unpaired) electrons. The van der Waals surface area contributed by atoms with E-state index in [1.807, 2.05) is 14.0 Å². The third-order valence-corrected chi connectivity index (χ3v) is 6.48. The Morgan fingerprint density at radius 1 is 1.18 bits per heavy atom. The molecule has 0 aromatic rings. The second-order valence-electron chi connectivity index (χ2n) is 8.37. The predicted octanol–water partition coefficient (Wildman–Crippen LogP) is 1.22. The molecule has 3 N–H and O–H groups in total. The molecule has 28 heavy (non-hydrogen) atoms. The zero-order valence-corrected chi connectivity index (χ0v) is 19.6. The van der Waals surface area contributed by atoms with Crippen molar-refractivity contribution >= 4 is 41.9 Å². The first-order valence-corrected chi connectivity index (χ1v) is 10.2. The lowest BCUT2D eigenvalue weighted by Gasteiger charge is -2.40. The summed E-state index contributed by atoms with van der Waals surface area (Å²) in [7, 11) is 1.82. The van der Waals surface area contributed by atoms with Crippen molar-refractivity contribution in [1.82, 2.24) is 25.8 Å². The number of hydrogen-bond acceptors (Lipinski definition) is 4. The highest BCUT2D eigenvalue weighted by Gasteiger charge is 2.48. The number of nitrogens with one attached hydrogen (secondary N) is 3. The number of amides is 3. The number of piperidine rings is 2. The lowest BCUT2D eigenvalue weighted by molar-refractivity contribution is -0.125. The van der Waals surface area contributed by atoms with Crippen LogP contribution in [0.4, 0.5) is 4.79 Å². The summed E-state index contributed by atoms with van der Waals surface area (Å²) in [4.78, 5) is 32.9. The Labute approximate surface area is 185 Å². The minimum atomic E-state index is -0.786. The Morgan fingerprint density at radius 2 is 1.82 bits per heavy atom. The van der Waals surface area contributed by atoms with Crippen molar-refractivity contribution in [3.8, 4) is 0 Å². The number of rotatable bonds is 4. The number of imide groups is 1. The molecular formula is C19H35IN6O2. The van der Waals surface area contributed by atoms with Gasteiger partial charge in [-0.2, -0.15) is 0 Å². The van der Waals surface area contributed by atoms with Crippen molar-refractivity contribution in [2.75, 3.05) is 46.3 Å². The third kappa shape index (κ3) is 5.28. The smallest absolute Gasteiger partial charge is 0.322 e. The lowest BCUT2D eigenvalue weighted by atomic mass is 9.79. The van der Waals surface area contributed by atoms with E-state index in [-0.39, 0.29) is 41.8 Å². The summed E-state index contributed by atoms with van der Waals surface area (Å²) in [5, 5.41) is 8.67. The van der Waals surface area contributed by atoms with Crippen molar-refractivity contribution < 1.29 is 9.59 Å². The second-order valence-corrected chi connectivity index (χ2v) is 8.37. The number of guanidine groups is 1. The van der Waals surface area contributed by atoms with Crippen LogP contribution in [0, 0.1) is 11.8 Å². The van der Waals surface area contributed by atoms with Gasteiger partial charge in [-0.3, -0.25) is 15.1 Å². The van der Waals surface area contributed by atoms with Gasteiger partial charge in [0.1, 0.15) is 5.54 Å². The minimum absolute atomic E-state index is 0. The van der Waals surface area contributed by atoms with E-state index >= 15 is 0 Å². The summed E-state index contributed by atoms with van der Waals surface area (Å²) >= 11 is 0. The molecule has 3 aliphatic heterocycles. The average Bonchev–Trinajstić information content (AvgIpc) is 2.93. The molecule has 0 aromatic heterocycles. The van der Waals surface area contributed by atoms with Crippen molar-refractivity contribution in [2.24, 2.45) is 16.8 Å². The van der Waals surface area contributed by atoms with Gasteiger partial charge in [0.15, 0.2) is 5.96 Å². The number of urea groups is 1. The quantitative estimate of drug-likeness (QED) is 0.231. The molecule has 0 aromatic carbocycles. The second kappa shape index (κ2) is 10.1. The molecule has 3 rings (SSSR count). The Kier molecular flexibility index (Phi) is 8.35. The van der Waals surface area contributed by atoms with Gasteiger partial charge >= 0.3 is 6.03 Å². The summed E-state index contributed by atoms with van der Waals surface area (Å²) in [5.41, 5.74) is -0.786. The average molecular weight is 506 g/mol. The lowest BCUT2D eigenvalue weighted by Crippen LogP contribution is -2.55. The molecule has 0 saturated carbocycles. The van der Waals surface area contributed by atoms with Crippen LogP contribution in [0.25, 0.3) is 0 Å². The number of carbonyl (C=O) groups excluding carboxylic acids is 2. The standard InChI is InChI=1S/C19H34N6O2.HI/c1-14-4-9-24(10-5-14)13-8-21-17(20-3)25-11-6-15(7-12-25)19(2)16(26)22-18(27)23-19;/h14-15H,4-13H2,1-3H3,(H,20,21)(H2,22,23,26,27);1H. The fourth-order valence-corrected chi connectivity index (χ4v) is 4.46. The number of aliphatic imine (C=N–C) groups is 1. The fraction of sp³-hybridized carbons (Fsp3) is 0.842. The molecule has 160 valence electrons. The molecule has 0 aliphatic carbocycles. The molecule has 3 fully saturated rings. The zero-order chi connectivity index (χ0) is 19.4. The molecule has 3 heterocycles. The molecule has 3 aliphatic rings. The topological polar surface area (TPSA) is 89.1 Å².